The summed E-state index contributed by atoms with van der Waals surface area (Å²) in [6.45, 7) is 3.31. The lowest BCUT2D eigenvalue weighted by Crippen LogP contribution is -2.01. The summed E-state index contributed by atoms with van der Waals surface area (Å²) >= 11 is 0. The number of nitriles is 1. The summed E-state index contributed by atoms with van der Waals surface area (Å²) in [4.78, 5) is 0. The Morgan fingerprint density at radius 3 is 1.70 bits per heavy atom. The Bertz CT molecular complexity index is 416. The van der Waals surface area contributed by atoms with Gasteiger partial charge in [0.2, 0.25) is 0 Å². The summed E-state index contributed by atoms with van der Waals surface area (Å²) in [6.07, 6.45) is 16.7. The number of hydrogen-bond acceptors (Lipinski definition) is 2. The van der Waals surface area contributed by atoms with E-state index >= 15 is 0 Å². The van der Waals surface area contributed by atoms with Gasteiger partial charge in [-0.1, -0.05) is 77.6 Å². The third-order valence-corrected chi connectivity index (χ3v) is 4.37. The minimum Gasteiger partial charge on any atom is -0.385 e. The Morgan fingerprint density at radius 2 is 1.22 bits per heavy atom. The van der Waals surface area contributed by atoms with Crippen LogP contribution in [0.15, 0.2) is 24.3 Å². The first kappa shape index (κ1) is 19.6. The maximum absolute atomic E-state index is 8.76. The quantitative estimate of drug-likeness (QED) is 0.389. The number of nitrogens with one attached hydrogen (secondary N) is 1. The molecule has 128 valence electrons. The number of hydrogen-bond donors (Lipinski definition) is 1. The summed E-state index contributed by atoms with van der Waals surface area (Å²) in [5.41, 5.74) is 1.84. The van der Waals surface area contributed by atoms with Crippen molar-refractivity contribution in [1.29, 1.82) is 5.26 Å². The van der Waals surface area contributed by atoms with Gasteiger partial charge in [0.1, 0.15) is 0 Å². The summed E-state index contributed by atoms with van der Waals surface area (Å²) in [5.74, 6) is 0. The zero-order chi connectivity index (χ0) is 16.6. The van der Waals surface area contributed by atoms with Gasteiger partial charge in [-0.25, -0.2) is 0 Å². The van der Waals surface area contributed by atoms with E-state index in [4.69, 9.17) is 5.26 Å². The van der Waals surface area contributed by atoms with Crippen LogP contribution < -0.4 is 5.32 Å². The summed E-state index contributed by atoms with van der Waals surface area (Å²) in [6, 6.07) is 9.85. The van der Waals surface area contributed by atoms with Gasteiger partial charge >= 0.3 is 0 Å². The molecule has 0 saturated heterocycles. The van der Waals surface area contributed by atoms with E-state index in [-0.39, 0.29) is 0 Å². The lowest BCUT2D eigenvalue weighted by atomic mass is 10.1. The van der Waals surface area contributed by atoms with Gasteiger partial charge in [0, 0.05) is 12.2 Å². The highest BCUT2D eigenvalue weighted by Crippen LogP contribution is 2.12. The maximum atomic E-state index is 8.76. The van der Waals surface area contributed by atoms with Crippen molar-refractivity contribution in [2.75, 3.05) is 11.9 Å². The van der Waals surface area contributed by atoms with E-state index in [1.165, 1.54) is 77.0 Å². The van der Waals surface area contributed by atoms with Crippen molar-refractivity contribution in [2.45, 2.75) is 84.0 Å². The molecule has 0 spiro atoms. The highest BCUT2D eigenvalue weighted by molar-refractivity contribution is 5.46. The molecule has 0 amide bonds. The van der Waals surface area contributed by atoms with Crippen molar-refractivity contribution in [3.8, 4) is 6.07 Å². The fourth-order valence-corrected chi connectivity index (χ4v) is 2.86. The molecular formula is C21H34N2. The Hall–Kier alpha value is -1.49. The van der Waals surface area contributed by atoms with Gasteiger partial charge < -0.3 is 5.32 Å². The smallest absolute Gasteiger partial charge is 0.0991 e. The first-order valence-electron chi connectivity index (χ1n) is 9.61. The Balaban J connectivity index is 1.83. The molecule has 0 aliphatic heterocycles. The van der Waals surface area contributed by atoms with E-state index in [9.17, 15) is 0 Å². The van der Waals surface area contributed by atoms with E-state index in [2.05, 4.69) is 18.3 Å². The fraction of sp³-hybridized carbons (Fsp3) is 0.667. The molecule has 0 fully saturated rings. The second-order valence-electron chi connectivity index (χ2n) is 6.51. The molecule has 0 aliphatic carbocycles. The Labute approximate surface area is 143 Å². The minimum absolute atomic E-state index is 0.723. The van der Waals surface area contributed by atoms with Crippen LogP contribution in [0, 0.1) is 11.3 Å². The molecule has 23 heavy (non-hydrogen) atoms. The molecule has 0 aromatic heterocycles. The average molecular weight is 315 g/mol. The van der Waals surface area contributed by atoms with Gasteiger partial charge in [-0.15, -0.1) is 0 Å². The van der Waals surface area contributed by atoms with Crippen LogP contribution in [0.5, 0.6) is 0 Å². The van der Waals surface area contributed by atoms with Crippen molar-refractivity contribution in [1.82, 2.24) is 0 Å². The largest absolute Gasteiger partial charge is 0.385 e. The van der Waals surface area contributed by atoms with Gasteiger partial charge in [-0.3, -0.25) is 0 Å². The standard InChI is InChI=1S/C21H34N2/c1-2-3-4-5-6-7-8-9-10-11-12-13-18-23-21-16-14-20(19-22)15-17-21/h14-17,23H,2-13,18H2,1H3. The normalized spacial score (nSPS) is 10.4. The number of unbranched alkanes of at least 4 members (excludes halogenated alkanes) is 11. The average Bonchev–Trinajstić information content (AvgIpc) is 2.59. The molecule has 0 unspecified atom stereocenters. The number of benzene rings is 1. The van der Waals surface area contributed by atoms with Crippen molar-refractivity contribution in [3.05, 3.63) is 29.8 Å². The van der Waals surface area contributed by atoms with Gasteiger partial charge in [0.15, 0.2) is 0 Å². The van der Waals surface area contributed by atoms with E-state index in [1.807, 2.05) is 24.3 Å². The summed E-state index contributed by atoms with van der Waals surface area (Å²) < 4.78 is 0. The van der Waals surface area contributed by atoms with Crippen LogP contribution in [0.1, 0.15) is 89.5 Å². The second-order valence-corrected chi connectivity index (χ2v) is 6.51. The number of nitrogens with zero attached hydrogens (tertiary/aromatic N) is 1. The molecule has 1 rings (SSSR count). The minimum atomic E-state index is 0.723. The fourth-order valence-electron chi connectivity index (χ4n) is 2.86. The van der Waals surface area contributed by atoms with Crippen LogP contribution in [-0.4, -0.2) is 6.54 Å². The molecular weight excluding hydrogens is 280 g/mol. The Morgan fingerprint density at radius 1 is 0.739 bits per heavy atom. The molecule has 1 aromatic carbocycles. The van der Waals surface area contributed by atoms with Crippen LogP contribution in [-0.2, 0) is 0 Å². The SMILES string of the molecule is CCCCCCCCCCCCCCNc1ccc(C#N)cc1. The highest BCUT2D eigenvalue weighted by atomic mass is 14.9. The predicted molar refractivity (Wildman–Crippen MR) is 101 cm³/mol. The highest BCUT2D eigenvalue weighted by Gasteiger charge is 1.95. The molecule has 1 aromatic rings. The van der Waals surface area contributed by atoms with E-state index in [1.54, 1.807) is 0 Å². The molecule has 0 heterocycles. The first-order valence-corrected chi connectivity index (χ1v) is 9.61. The van der Waals surface area contributed by atoms with Gasteiger partial charge in [0.25, 0.3) is 0 Å². The van der Waals surface area contributed by atoms with Crippen molar-refractivity contribution >= 4 is 5.69 Å². The van der Waals surface area contributed by atoms with Crippen LogP contribution in [0.2, 0.25) is 0 Å². The monoisotopic (exact) mass is 314 g/mol. The van der Waals surface area contributed by atoms with Gasteiger partial charge in [-0.05, 0) is 30.7 Å². The first-order chi connectivity index (χ1) is 11.4. The molecule has 0 radical (unpaired) electrons. The van der Waals surface area contributed by atoms with Crippen molar-refractivity contribution in [2.24, 2.45) is 0 Å². The Kier molecular flexibility index (Phi) is 12.0. The third kappa shape index (κ3) is 10.8. The zero-order valence-electron chi connectivity index (χ0n) is 14.9. The molecule has 0 saturated carbocycles. The van der Waals surface area contributed by atoms with Crippen molar-refractivity contribution in [3.63, 3.8) is 0 Å². The summed E-state index contributed by atoms with van der Waals surface area (Å²) in [5, 5.41) is 12.2. The third-order valence-electron chi connectivity index (χ3n) is 4.37. The number of anilines is 1. The van der Waals surface area contributed by atoms with E-state index in [0.717, 1.165) is 17.8 Å². The topological polar surface area (TPSA) is 35.8 Å². The maximum Gasteiger partial charge on any atom is 0.0991 e. The molecule has 0 aliphatic rings. The second kappa shape index (κ2) is 14.1. The number of rotatable bonds is 14. The van der Waals surface area contributed by atoms with Crippen LogP contribution in [0.25, 0.3) is 0 Å². The lowest BCUT2D eigenvalue weighted by molar-refractivity contribution is 0.546. The molecule has 1 N–H and O–H groups in total. The predicted octanol–water partition coefficient (Wildman–Crippen LogP) is 6.67. The lowest BCUT2D eigenvalue weighted by Gasteiger charge is -2.06. The summed E-state index contributed by atoms with van der Waals surface area (Å²) in [7, 11) is 0. The van der Waals surface area contributed by atoms with Crippen LogP contribution in [0.3, 0.4) is 0 Å². The molecule has 0 bridgehead atoms. The molecule has 2 heteroatoms. The van der Waals surface area contributed by atoms with Gasteiger partial charge in [0.05, 0.1) is 11.6 Å². The van der Waals surface area contributed by atoms with Crippen molar-refractivity contribution < 1.29 is 0 Å². The zero-order valence-corrected chi connectivity index (χ0v) is 14.9. The molecule has 2 nitrogen and oxygen atoms in total. The van der Waals surface area contributed by atoms with E-state index in [0.29, 0.717) is 0 Å². The van der Waals surface area contributed by atoms with Crippen LogP contribution >= 0.6 is 0 Å². The molecule has 0 atom stereocenters. The van der Waals surface area contributed by atoms with E-state index < -0.39 is 0 Å². The van der Waals surface area contributed by atoms with Gasteiger partial charge in [-0.2, -0.15) is 5.26 Å². The van der Waals surface area contributed by atoms with Crippen LogP contribution in [0.4, 0.5) is 5.69 Å².